The molecule has 2 rings (SSSR count). The molecule has 1 aliphatic rings. The number of rotatable bonds is 4. The molecule has 1 aliphatic heterocycles. The molecular weight excluding hydrogens is 308 g/mol. The Labute approximate surface area is 130 Å². The van der Waals surface area contributed by atoms with Crippen molar-refractivity contribution < 1.29 is 17.9 Å². The second-order valence-electron chi connectivity index (χ2n) is 4.79. The van der Waals surface area contributed by atoms with Crippen LogP contribution in [0.3, 0.4) is 0 Å². The fourth-order valence-electron chi connectivity index (χ4n) is 2.30. The first-order valence-corrected chi connectivity index (χ1v) is 8.15. The summed E-state index contributed by atoms with van der Waals surface area (Å²) in [5.41, 5.74) is 5.41. The highest BCUT2D eigenvalue weighted by Gasteiger charge is 2.29. The zero-order chi connectivity index (χ0) is 16.3. The first-order chi connectivity index (χ1) is 10.4. The summed E-state index contributed by atoms with van der Waals surface area (Å²) in [6.45, 7) is 1.39. The monoisotopic (exact) mass is 328 g/mol. The molecule has 0 unspecified atom stereocenters. The minimum Gasteiger partial charge on any atom is -0.493 e. The van der Waals surface area contributed by atoms with E-state index in [4.69, 9.17) is 20.6 Å². The van der Waals surface area contributed by atoms with Gasteiger partial charge in [0.05, 0.1) is 19.1 Å². The molecule has 0 radical (unpaired) electrons. The summed E-state index contributed by atoms with van der Waals surface area (Å²) in [6, 6.07) is 4.51. The van der Waals surface area contributed by atoms with Crippen LogP contribution in [0.15, 0.2) is 23.1 Å². The van der Waals surface area contributed by atoms with Crippen molar-refractivity contribution in [1.82, 2.24) is 9.21 Å². The molecule has 3 N–H and O–H groups in total. The normalized spacial score (nSPS) is 16.4. The van der Waals surface area contributed by atoms with Crippen molar-refractivity contribution in [3.63, 3.8) is 0 Å². The van der Waals surface area contributed by atoms with Crippen LogP contribution in [0.2, 0.25) is 0 Å². The number of ether oxygens (including phenoxy) is 2. The predicted molar refractivity (Wildman–Crippen MR) is 81.8 cm³/mol. The van der Waals surface area contributed by atoms with Crippen molar-refractivity contribution in [3.05, 3.63) is 18.2 Å². The third-order valence-corrected chi connectivity index (χ3v) is 5.47. The Balaban J connectivity index is 2.22. The van der Waals surface area contributed by atoms with Crippen LogP contribution in [0.4, 0.5) is 0 Å². The number of hydrogen-bond acceptors (Lipinski definition) is 5. The average molecular weight is 328 g/mol. The molecule has 1 fully saturated rings. The van der Waals surface area contributed by atoms with Gasteiger partial charge in [0.1, 0.15) is 0 Å². The van der Waals surface area contributed by atoms with Crippen LogP contribution in [0.25, 0.3) is 0 Å². The molecule has 22 heavy (non-hydrogen) atoms. The lowest BCUT2D eigenvalue weighted by atomic mass is 10.3. The van der Waals surface area contributed by atoms with E-state index in [9.17, 15) is 8.42 Å². The van der Waals surface area contributed by atoms with Crippen molar-refractivity contribution in [3.8, 4) is 11.5 Å². The van der Waals surface area contributed by atoms with Crippen molar-refractivity contribution in [1.29, 1.82) is 5.41 Å². The van der Waals surface area contributed by atoms with E-state index in [1.807, 2.05) is 0 Å². The van der Waals surface area contributed by atoms with Gasteiger partial charge in [0.15, 0.2) is 17.5 Å². The van der Waals surface area contributed by atoms with Crippen molar-refractivity contribution in [2.45, 2.75) is 4.90 Å². The lowest BCUT2D eigenvalue weighted by molar-refractivity contribution is 0.263. The number of nitrogens with one attached hydrogen (secondary N) is 1. The maximum atomic E-state index is 12.7. The molecule has 8 nitrogen and oxygen atoms in total. The molecule has 0 spiro atoms. The van der Waals surface area contributed by atoms with E-state index in [0.717, 1.165) is 0 Å². The molecule has 1 aromatic carbocycles. The Bertz CT molecular complexity index is 654. The van der Waals surface area contributed by atoms with Gasteiger partial charge in [0.25, 0.3) is 0 Å². The maximum Gasteiger partial charge on any atom is 0.243 e. The minimum atomic E-state index is -3.61. The smallest absolute Gasteiger partial charge is 0.243 e. The number of sulfonamides is 1. The minimum absolute atomic E-state index is 0.0387. The van der Waals surface area contributed by atoms with E-state index in [2.05, 4.69) is 0 Å². The summed E-state index contributed by atoms with van der Waals surface area (Å²) in [4.78, 5) is 1.79. The molecule has 0 aliphatic carbocycles. The molecule has 122 valence electrons. The first kappa shape index (κ1) is 16.4. The third kappa shape index (κ3) is 3.09. The predicted octanol–water partition coefficient (Wildman–Crippen LogP) is -0.0964. The lowest BCUT2D eigenvalue weighted by Crippen LogP contribution is -2.52. The number of benzene rings is 1. The van der Waals surface area contributed by atoms with E-state index in [-0.39, 0.29) is 23.9 Å². The SMILES string of the molecule is COc1ccc(S(=O)(=O)N2CCN(C(=N)N)CC2)cc1OC. The van der Waals surface area contributed by atoms with Gasteiger partial charge < -0.3 is 20.1 Å². The van der Waals surface area contributed by atoms with Gasteiger partial charge in [-0.15, -0.1) is 0 Å². The largest absolute Gasteiger partial charge is 0.493 e. The molecule has 0 aromatic heterocycles. The van der Waals surface area contributed by atoms with Crippen LogP contribution >= 0.6 is 0 Å². The lowest BCUT2D eigenvalue weighted by Gasteiger charge is -2.34. The number of piperazine rings is 1. The van der Waals surface area contributed by atoms with Crippen LogP contribution in [0.1, 0.15) is 0 Å². The third-order valence-electron chi connectivity index (χ3n) is 3.57. The Morgan fingerprint density at radius 2 is 1.73 bits per heavy atom. The summed E-state index contributed by atoms with van der Waals surface area (Å²) >= 11 is 0. The highest BCUT2D eigenvalue weighted by atomic mass is 32.2. The Hall–Kier alpha value is -2.00. The fraction of sp³-hybridized carbons (Fsp3) is 0.462. The van der Waals surface area contributed by atoms with Gasteiger partial charge in [-0.2, -0.15) is 4.31 Å². The Kier molecular flexibility index (Phi) is 4.77. The zero-order valence-corrected chi connectivity index (χ0v) is 13.4. The number of guanidine groups is 1. The number of methoxy groups -OCH3 is 2. The summed E-state index contributed by atoms with van der Waals surface area (Å²) < 4.78 is 37.0. The summed E-state index contributed by atoms with van der Waals surface area (Å²) in [6.07, 6.45) is 0. The molecule has 1 heterocycles. The van der Waals surface area contributed by atoms with Gasteiger partial charge in [-0.05, 0) is 12.1 Å². The van der Waals surface area contributed by atoms with Crippen LogP contribution in [0, 0.1) is 5.41 Å². The topological polar surface area (TPSA) is 109 Å². The van der Waals surface area contributed by atoms with Crippen molar-refractivity contribution in [2.75, 3.05) is 40.4 Å². The van der Waals surface area contributed by atoms with Crippen molar-refractivity contribution in [2.24, 2.45) is 5.73 Å². The number of hydrogen-bond donors (Lipinski definition) is 2. The Morgan fingerprint density at radius 3 is 2.23 bits per heavy atom. The number of nitrogens with two attached hydrogens (primary N) is 1. The van der Waals surface area contributed by atoms with Gasteiger partial charge in [-0.3, -0.25) is 5.41 Å². The summed E-state index contributed by atoms with van der Waals surface area (Å²) in [5.74, 6) is 0.803. The molecule has 9 heteroatoms. The van der Waals surface area contributed by atoms with Crippen LogP contribution < -0.4 is 15.2 Å². The summed E-state index contributed by atoms with van der Waals surface area (Å²) in [7, 11) is -0.658. The van der Waals surface area contributed by atoms with Gasteiger partial charge in [0, 0.05) is 32.2 Å². The number of nitrogens with zero attached hydrogens (tertiary/aromatic N) is 2. The molecule has 0 bridgehead atoms. The quantitative estimate of drug-likeness (QED) is 0.590. The average Bonchev–Trinajstić information content (AvgIpc) is 2.54. The van der Waals surface area contributed by atoms with Crippen LogP contribution in [-0.2, 0) is 10.0 Å². The molecular formula is C13H20N4O4S. The summed E-state index contributed by atoms with van der Waals surface area (Å²) in [5, 5.41) is 7.38. The maximum absolute atomic E-state index is 12.7. The molecule has 0 saturated carbocycles. The van der Waals surface area contributed by atoms with Gasteiger partial charge >= 0.3 is 0 Å². The standard InChI is InChI=1S/C13H20N4O4S/c1-20-11-4-3-10(9-12(11)21-2)22(18,19)17-7-5-16(6-8-17)13(14)15/h3-4,9H,5-8H2,1-2H3,(H3,14,15). The van der Waals surface area contributed by atoms with Gasteiger partial charge in [-0.1, -0.05) is 0 Å². The van der Waals surface area contributed by atoms with Crippen LogP contribution in [0.5, 0.6) is 11.5 Å². The van der Waals surface area contributed by atoms with Gasteiger partial charge in [0.2, 0.25) is 10.0 Å². The first-order valence-electron chi connectivity index (χ1n) is 6.71. The molecule has 1 saturated heterocycles. The zero-order valence-electron chi connectivity index (χ0n) is 12.6. The molecule has 0 amide bonds. The van der Waals surface area contributed by atoms with E-state index in [1.54, 1.807) is 11.0 Å². The van der Waals surface area contributed by atoms with Crippen LogP contribution in [-0.4, -0.2) is 64.0 Å². The second-order valence-corrected chi connectivity index (χ2v) is 6.73. The van der Waals surface area contributed by atoms with E-state index >= 15 is 0 Å². The second kappa shape index (κ2) is 6.41. The fourth-order valence-corrected chi connectivity index (χ4v) is 3.73. The van der Waals surface area contributed by atoms with E-state index in [1.165, 1.54) is 30.7 Å². The Morgan fingerprint density at radius 1 is 1.14 bits per heavy atom. The molecule has 0 atom stereocenters. The highest BCUT2D eigenvalue weighted by Crippen LogP contribution is 2.30. The van der Waals surface area contributed by atoms with Crippen molar-refractivity contribution >= 4 is 16.0 Å². The van der Waals surface area contributed by atoms with E-state index in [0.29, 0.717) is 24.6 Å². The molecule has 1 aromatic rings. The van der Waals surface area contributed by atoms with E-state index < -0.39 is 10.0 Å². The van der Waals surface area contributed by atoms with Gasteiger partial charge in [-0.25, -0.2) is 8.42 Å². The highest BCUT2D eigenvalue weighted by molar-refractivity contribution is 7.89.